The Labute approximate surface area is 205 Å². The zero-order chi connectivity index (χ0) is 8.08. The fraction of sp³-hybridized carbons (Fsp3) is 0. The van der Waals surface area contributed by atoms with Crippen LogP contribution in [-0.2, 0) is 24.7 Å². The van der Waals surface area contributed by atoms with Crippen molar-refractivity contribution in [3.63, 3.8) is 0 Å². The van der Waals surface area contributed by atoms with Gasteiger partial charge in [-0.15, -0.1) is 0 Å². The third-order valence-corrected chi connectivity index (χ3v) is 0. The smallest absolute Gasteiger partial charge is 1.00 e. The van der Waals surface area contributed by atoms with E-state index in [1.165, 1.54) is 0 Å². The van der Waals surface area contributed by atoms with Crippen LogP contribution in [0.5, 0.6) is 0 Å². The molecule has 4 N–H and O–H groups in total. The van der Waals surface area contributed by atoms with Crippen molar-refractivity contribution in [2.24, 2.45) is 0 Å². The molecule has 0 aliphatic heterocycles. The molecule has 0 unspecified atom stereocenters. The van der Waals surface area contributed by atoms with Crippen molar-refractivity contribution in [1.82, 2.24) is 0 Å². The molecule has 0 spiro atoms. The Morgan fingerprint density at radius 3 is 1.15 bits per heavy atom. The Morgan fingerprint density at radius 1 is 1.15 bits per heavy atom. The average Bonchev–Trinajstić information content (AvgIpc) is 1.19. The van der Waals surface area contributed by atoms with E-state index in [2.05, 4.69) is 11.2 Å². The summed E-state index contributed by atoms with van der Waals surface area (Å²) >= 11 is 3.47. The SMILES string of the molecule is O=S(O)(O)=S.O=[Si](O)O.[Ca+2].[Ca+2].[Ca+2].[H-].[H-].[H-].[H-].[H-].[H-].[H-].[Na+]. The first-order valence-electron chi connectivity index (χ1n) is 1.35. The van der Waals surface area contributed by atoms with Crippen molar-refractivity contribution < 1.29 is 66.9 Å². The molecular formula is H11Ca3NaO6S2Si. The maximum Gasteiger partial charge on any atom is 2.00 e. The molecule has 0 aromatic heterocycles. The van der Waals surface area contributed by atoms with E-state index in [4.69, 9.17) is 27.4 Å². The number of rotatable bonds is 0. The van der Waals surface area contributed by atoms with Crippen molar-refractivity contribution in [3.8, 4) is 0 Å². The third kappa shape index (κ3) is 164. The van der Waals surface area contributed by atoms with Crippen LogP contribution in [0.4, 0.5) is 0 Å². The largest absolute Gasteiger partial charge is 2.00 e. The second kappa shape index (κ2) is 21.9. The quantitative estimate of drug-likeness (QED) is 0.325. The van der Waals surface area contributed by atoms with Gasteiger partial charge in [-0.25, -0.2) is 0 Å². The van der Waals surface area contributed by atoms with Crippen molar-refractivity contribution in [1.29, 1.82) is 0 Å². The molecule has 13 heavy (non-hydrogen) atoms. The van der Waals surface area contributed by atoms with E-state index in [9.17, 15) is 0 Å². The van der Waals surface area contributed by atoms with E-state index in [-0.39, 0.29) is 153 Å². The standard InChI is InChI=1S/3Ca.Na.H2O3S2.H2O3Si.7H/c;;;;1-5(2,3)4;1-4(2)3;;;;;;;/h;;;;(H2,1,2,3,4);1-2H;;;;;;;/q3*+2;+1;;;7*-1. The molecule has 0 amide bonds. The molecule has 6 nitrogen and oxygen atoms in total. The molecule has 0 saturated carbocycles. The number of hydrogen-bond acceptors (Lipinski definition) is 3. The molecule has 13 heteroatoms. The summed E-state index contributed by atoms with van der Waals surface area (Å²) in [6.07, 6.45) is 0. The molecule has 0 rings (SSSR count). The van der Waals surface area contributed by atoms with Crippen molar-refractivity contribution in [2.75, 3.05) is 0 Å². The normalized spacial score (nSPS) is 6.31. The van der Waals surface area contributed by atoms with Gasteiger partial charge in [-0.3, -0.25) is 13.6 Å². The van der Waals surface area contributed by atoms with Crippen molar-refractivity contribution in [2.45, 2.75) is 0 Å². The first-order valence-corrected chi connectivity index (χ1v) is 5.05. The van der Waals surface area contributed by atoms with Crippen LogP contribution in [0.25, 0.3) is 0 Å². The summed E-state index contributed by atoms with van der Waals surface area (Å²) in [5.41, 5.74) is 0. The first-order chi connectivity index (χ1) is 3.73. The van der Waals surface area contributed by atoms with Crippen LogP contribution in [0.2, 0.25) is 0 Å². The van der Waals surface area contributed by atoms with E-state index < -0.39 is 18.2 Å². The zero-order valence-corrected chi connectivity index (χ0v) is 18.3. The van der Waals surface area contributed by atoms with E-state index in [0.29, 0.717) is 0 Å². The Bertz CT molecular complexity index is 187. The molecule has 0 radical (unpaired) electrons. The van der Waals surface area contributed by atoms with Gasteiger partial charge in [-0.05, 0) is 0 Å². The fourth-order valence-corrected chi connectivity index (χ4v) is 0. The van der Waals surface area contributed by atoms with E-state index in [0.717, 1.165) is 0 Å². The minimum atomic E-state index is -3.83. The van der Waals surface area contributed by atoms with Gasteiger partial charge in [0.2, 0.25) is 0 Å². The molecular weight excluding hydrogens is 331 g/mol. The van der Waals surface area contributed by atoms with Gasteiger partial charge in [-0.2, -0.15) is 4.21 Å². The van der Waals surface area contributed by atoms with Crippen LogP contribution < -0.4 is 29.6 Å². The maximum absolute atomic E-state index is 9.11. The Hall–Kier alpha value is 4.69. The number of hydrogen-bond donors (Lipinski definition) is 4. The second-order valence-corrected chi connectivity index (χ2v) is 3.49. The summed E-state index contributed by atoms with van der Waals surface area (Å²) < 4.78 is 32.7. The van der Waals surface area contributed by atoms with E-state index in [1.807, 2.05) is 0 Å². The molecule has 0 aromatic carbocycles. The van der Waals surface area contributed by atoms with Gasteiger partial charge in [0.15, 0.2) is 0 Å². The molecule has 0 saturated heterocycles. The molecule has 0 aliphatic rings. The minimum Gasteiger partial charge on any atom is -1.00 e. The van der Waals surface area contributed by atoms with Crippen LogP contribution >= 0.6 is 0 Å². The van der Waals surface area contributed by atoms with E-state index in [1.54, 1.807) is 0 Å². The average molecular weight is 343 g/mol. The van der Waals surface area contributed by atoms with Gasteiger partial charge >= 0.3 is 152 Å². The van der Waals surface area contributed by atoms with Crippen LogP contribution in [0.1, 0.15) is 9.99 Å². The molecule has 0 aliphatic carbocycles. The van der Waals surface area contributed by atoms with Crippen molar-refractivity contribution in [3.05, 3.63) is 0 Å². The predicted octanol–water partition coefficient (Wildman–Crippen LogP) is -5.29. The summed E-state index contributed by atoms with van der Waals surface area (Å²) in [5, 5.41) is 0. The van der Waals surface area contributed by atoms with Gasteiger partial charge < -0.3 is 19.6 Å². The zero-order valence-electron chi connectivity index (χ0n) is 14.0. The molecule has 0 heterocycles. The molecule has 70 valence electrons. The van der Waals surface area contributed by atoms with Gasteiger partial charge in [0.25, 0.3) is 9.05 Å². The van der Waals surface area contributed by atoms with Crippen molar-refractivity contribution >= 4 is 143 Å². The molecule has 0 atom stereocenters. The Kier molecular flexibility index (Phi) is 60.8. The summed E-state index contributed by atoms with van der Waals surface area (Å²) in [7, 11) is -6.96. The van der Waals surface area contributed by atoms with Crippen LogP contribution in [0.15, 0.2) is 0 Å². The Morgan fingerprint density at radius 2 is 1.15 bits per heavy atom. The summed E-state index contributed by atoms with van der Waals surface area (Å²) in [4.78, 5) is 14.3. The second-order valence-electron chi connectivity index (χ2n) is 0.730. The maximum atomic E-state index is 9.11. The third-order valence-electron chi connectivity index (χ3n) is 0. The van der Waals surface area contributed by atoms with Crippen LogP contribution in [0.3, 0.4) is 0 Å². The summed E-state index contributed by atoms with van der Waals surface area (Å²) in [6, 6.07) is 0. The molecule has 0 fully saturated rings. The summed E-state index contributed by atoms with van der Waals surface area (Å²) in [5.74, 6) is 0. The topological polar surface area (TPSA) is 115 Å². The fourth-order valence-electron chi connectivity index (χ4n) is 0. The molecule has 0 bridgehead atoms. The monoisotopic (exact) mass is 342 g/mol. The van der Waals surface area contributed by atoms with Gasteiger partial charge in [0, 0.05) is 11.2 Å². The first kappa shape index (κ1) is 36.1. The predicted molar refractivity (Wildman–Crippen MR) is 56.7 cm³/mol. The summed E-state index contributed by atoms with van der Waals surface area (Å²) in [6.45, 7) is 0. The Balaban J connectivity index is -0.00000000289. The molecule has 0 aromatic rings. The minimum absolute atomic E-state index is 0. The van der Waals surface area contributed by atoms with Crippen LogP contribution in [-0.4, -0.2) is 145 Å². The van der Waals surface area contributed by atoms with Gasteiger partial charge in [0.05, 0.1) is 0 Å². The van der Waals surface area contributed by atoms with Crippen LogP contribution in [0, 0.1) is 0 Å². The van der Waals surface area contributed by atoms with Gasteiger partial charge in [0.1, 0.15) is 0 Å². The van der Waals surface area contributed by atoms with E-state index >= 15 is 0 Å². The van der Waals surface area contributed by atoms with Gasteiger partial charge in [-0.1, -0.05) is 0 Å².